The first-order chi connectivity index (χ1) is 7.26. The summed E-state index contributed by atoms with van der Waals surface area (Å²) in [6, 6.07) is 7.79. The SMILES string of the molecule is COc1cccc(SCC/C(N)=N/O)c1. The zero-order valence-electron chi connectivity index (χ0n) is 8.51. The van der Waals surface area contributed by atoms with Gasteiger partial charge < -0.3 is 15.7 Å². The average molecular weight is 226 g/mol. The van der Waals surface area contributed by atoms with Crippen molar-refractivity contribution in [1.29, 1.82) is 0 Å². The number of nitrogens with zero attached hydrogens (tertiary/aromatic N) is 1. The van der Waals surface area contributed by atoms with E-state index in [4.69, 9.17) is 15.7 Å². The maximum atomic E-state index is 8.35. The van der Waals surface area contributed by atoms with Crippen LogP contribution in [0.3, 0.4) is 0 Å². The van der Waals surface area contributed by atoms with E-state index in [0.717, 1.165) is 16.4 Å². The summed E-state index contributed by atoms with van der Waals surface area (Å²) in [6.07, 6.45) is 0.568. The van der Waals surface area contributed by atoms with E-state index in [0.29, 0.717) is 6.42 Å². The third-order valence-electron chi connectivity index (χ3n) is 1.80. The molecule has 0 aromatic heterocycles. The molecule has 3 N–H and O–H groups in total. The molecule has 0 spiro atoms. The summed E-state index contributed by atoms with van der Waals surface area (Å²) in [5, 5.41) is 11.3. The Morgan fingerprint density at radius 2 is 2.40 bits per heavy atom. The summed E-state index contributed by atoms with van der Waals surface area (Å²) in [4.78, 5) is 1.11. The van der Waals surface area contributed by atoms with Gasteiger partial charge in [-0.25, -0.2) is 0 Å². The van der Waals surface area contributed by atoms with Crippen molar-refractivity contribution in [1.82, 2.24) is 0 Å². The minimum Gasteiger partial charge on any atom is -0.497 e. The zero-order valence-corrected chi connectivity index (χ0v) is 9.33. The molecule has 0 heterocycles. The Morgan fingerprint density at radius 3 is 3.07 bits per heavy atom. The molecule has 82 valence electrons. The topological polar surface area (TPSA) is 67.8 Å². The summed E-state index contributed by atoms with van der Waals surface area (Å²) in [6.45, 7) is 0. The molecular weight excluding hydrogens is 212 g/mol. The van der Waals surface area contributed by atoms with Gasteiger partial charge in [0.05, 0.1) is 7.11 Å². The fraction of sp³-hybridized carbons (Fsp3) is 0.300. The van der Waals surface area contributed by atoms with Gasteiger partial charge in [-0.05, 0) is 18.2 Å². The molecule has 1 aromatic rings. The lowest BCUT2D eigenvalue weighted by molar-refractivity contribution is 0.317. The van der Waals surface area contributed by atoms with Gasteiger partial charge in [-0.15, -0.1) is 11.8 Å². The highest BCUT2D eigenvalue weighted by atomic mass is 32.2. The molecule has 0 aliphatic rings. The van der Waals surface area contributed by atoms with E-state index in [1.54, 1.807) is 18.9 Å². The first-order valence-electron chi connectivity index (χ1n) is 4.49. The van der Waals surface area contributed by atoms with Crippen LogP contribution in [-0.4, -0.2) is 23.9 Å². The molecule has 0 radical (unpaired) electrons. The van der Waals surface area contributed by atoms with Crippen LogP contribution in [0, 0.1) is 0 Å². The van der Waals surface area contributed by atoms with Crippen LogP contribution in [0.4, 0.5) is 0 Å². The van der Waals surface area contributed by atoms with Crippen molar-refractivity contribution in [3.63, 3.8) is 0 Å². The number of oxime groups is 1. The Morgan fingerprint density at radius 1 is 1.60 bits per heavy atom. The second-order valence-electron chi connectivity index (χ2n) is 2.87. The third kappa shape index (κ3) is 4.12. The quantitative estimate of drug-likeness (QED) is 0.265. The van der Waals surface area contributed by atoms with Crippen LogP contribution in [0.1, 0.15) is 6.42 Å². The van der Waals surface area contributed by atoms with Crippen LogP contribution in [0.15, 0.2) is 34.3 Å². The second kappa shape index (κ2) is 6.19. The van der Waals surface area contributed by atoms with Gasteiger partial charge in [0, 0.05) is 17.1 Å². The fourth-order valence-electron chi connectivity index (χ4n) is 1.01. The molecule has 0 aliphatic heterocycles. The van der Waals surface area contributed by atoms with Gasteiger partial charge in [0.2, 0.25) is 0 Å². The molecule has 0 saturated heterocycles. The lowest BCUT2D eigenvalue weighted by Crippen LogP contribution is -2.11. The molecule has 0 unspecified atom stereocenters. The number of thioether (sulfide) groups is 1. The Hall–Kier alpha value is -1.36. The Balaban J connectivity index is 2.43. The Labute approximate surface area is 93.1 Å². The van der Waals surface area contributed by atoms with E-state index >= 15 is 0 Å². The van der Waals surface area contributed by atoms with Gasteiger partial charge in [0.1, 0.15) is 11.6 Å². The van der Waals surface area contributed by atoms with E-state index in [1.165, 1.54) is 0 Å². The number of benzene rings is 1. The lowest BCUT2D eigenvalue weighted by Gasteiger charge is -2.03. The fourth-order valence-corrected chi connectivity index (χ4v) is 1.94. The number of nitrogens with two attached hydrogens (primary N) is 1. The maximum absolute atomic E-state index is 8.35. The van der Waals surface area contributed by atoms with Crippen LogP contribution in [-0.2, 0) is 0 Å². The van der Waals surface area contributed by atoms with Gasteiger partial charge >= 0.3 is 0 Å². The monoisotopic (exact) mass is 226 g/mol. The molecule has 0 amide bonds. The van der Waals surface area contributed by atoms with Crippen molar-refractivity contribution in [3.8, 4) is 5.75 Å². The van der Waals surface area contributed by atoms with Gasteiger partial charge in [-0.3, -0.25) is 0 Å². The van der Waals surface area contributed by atoms with Gasteiger partial charge in [-0.1, -0.05) is 11.2 Å². The number of hydrogen-bond donors (Lipinski definition) is 2. The molecule has 1 rings (SSSR count). The highest BCUT2D eigenvalue weighted by Gasteiger charge is 1.98. The van der Waals surface area contributed by atoms with E-state index in [-0.39, 0.29) is 5.84 Å². The van der Waals surface area contributed by atoms with Crippen molar-refractivity contribution in [2.75, 3.05) is 12.9 Å². The van der Waals surface area contributed by atoms with E-state index in [1.807, 2.05) is 24.3 Å². The van der Waals surface area contributed by atoms with Gasteiger partial charge in [0.15, 0.2) is 0 Å². The minimum absolute atomic E-state index is 0.255. The summed E-state index contributed by atoms with van der Waals surface area (Å²) in [7, 11) is 1.64. The van der Waals surface area contributed by atoms with E-state index in [2.05, 4.69) is 5.16 Å². The molecule has 5 heteroatoms. The van der Waals surface area contributed by atoms with Gasteiger partial charge in [-0.2, -0.15) is 0 Å². The number of hydrogen-bond acceptors (Lipinski definition) is 4. The molecule has 0 saturated carbocycles. The van der Waals surface area contributed by atoms with Crippen molar-refractivity contribution >= 4 is 17.6 Å². The predicted molar refractivity (Wildman–Crippen MR) is 61.7 cm³/mol. The largest absolute Gasteiger partial charge is 0.497 e. The number of rotatable bonds is 5. The number of ether oxygens (including phenoxy) is 1. The molecule has 0 bridgehead atoms. The smallest absolute Gasteiger partial charge is 0.139 e. The Bertz CT molecular complexity index is 342. The first-order valence-corrected chi connectivity index (χ1v) is 5.48. The summed E-state index contributed by atoms with van der Waals surface area (Å²) in [5.74, 6) is 1.87. The predicted octanol–water partition coefficient (Wildman–Crippen LogP) is 1.92. The van der Waals surface area contributed by atoms with Crippen molar-refractivity contribution in [2.24, 2.45) is 10.9 Å². The number of methoxy groups -OCH3 is 1. The summed E-state index contributed by atoms with van der Waals surface area (Å²) >= 11 is 1.64. The molecule has 1 aromatic carbocycles. The molecule has 0 atom stereocenters. The van der Waals surface area contributed by atoms with Crippen molar-refractivity contribution < 1.29 is 9.94 Å². The maximum Gasteiger partial charge on any atom is 0.139 e. The normalized spacial score (nSPS) is 11.4. The molecule has 4 nitrogen and oxygen atoms in total. The number of amidine groups is 1. The molecule has 15 heavy (non-hydrogen) atoms. The summed E-state index contributed by atoms with van der Waals surface area (Å²) < 4.78 is 5.10. The lowest BCUT2D eigenvalue weighted by atomic mass is 10.3. The van der Waals surface area contributed by atoms with E-state index < -0.39 is 0 Å². The first kappa shape index (κ1) is 11.7. The average Bonchev–Trinajstić information content (AvgIpc) is 2.29. The molecule has 0 fully saturated rings. The molecular formula is C10H14N2O2S. The van der Waals surface area contributed by atoms with Crippen LogP contribution in [0.25, 0.3) is 0 Å². The minimum atomic E-state index is 0.255. The third-order valence-corrected chi connectivity index (χ3v) is 2.79. The highest BCUT2D eigenvalue weighted by molar-refractivity contribution is 7.99. The van der Waals surface area contributed by atoms with Crippen LogP contribution < -0.4 is 10.5 Å². The molecule has 0 aliphatic carbocycles. The van der Waals surface area contributed by atoms with Crippen molar-refractivity contribution in [2.45, 2.75) is 11.3 Å². The summed E-state index contributed by atoms with van der Waals surface area (Å²) in [5.41, 5.74) is 5.36. The van der Waals surface area contributed by atoms with Crippen LogP contribution in [0.5, 0.6) is 5.75 Å². The van der Waals surface area contributed by atoms with Crippen LogP contribution >= 0.6 is 11.8 Å². The second-order valence-corrected chi connectivity index (χ2v) is 4.04. The van der Waals surface area contributed by atoms with Gasteiger partial charge in [0.25, 0.3) is 0 Å². The Kier molecular flexibility index (Phi) is 4.83. The zero-order chi connectivity index (χ0) is 11.1. The standard InChI is InChI=1S/C10H14N2O2S/c1-14-8-3-2-4-9(7-8)15-6-5-10(11)12-13/h2-4,7,13H,5-6H2,1H3,(H2,11,12). The van der Waals surface area contributed by atoms with Crippen molar-refractivity contribution in [3.05, 3.63) is 24.3 Å². The van der Waals surface area contributed by atoms with Crippen LogP contribution in [0.2, 0.25) is 0 Å². The van der Waals surface area contributed by atoms with E-state index in [9.17, 15) is 0 Å². The highest BCUT2D eigenvalue weighted by Crippen LogP contribution is 2.23.